The first-order valence-corrected chi connectivity index (χ1v) is 10.7. The van der Waals surface area contributed by atoms with Gasteiger partial charge in [0.1, 0.15) is 5.69 Å². The molecule has 32 heavy (non-hydrogen) atoms. The molecule has 0 aliphatic carbocycles. The van der Waals surface area contributed by atoms with Crippen molar-refractivity contribution in [3.05, 3.63) is 64.5 Å². The van der Waals surface area contributed by atoms with Gasteiger partial charge in [-0.25, -0.2) is 9.59 Å². The minimum atomic E-state index is -0.771. The van der Waals surface area contributed by atoms with Crippen LogP contribution in [0.1, 0.15) is 57.1 Å². The maximum Gasteiger partial charge on any atom is 0.355 e. The van der Waals surface area contributed by atoms with Crippen LogP contribution >= 0.6 is 0 Å². The molecule has 0 aliphatic rings. The van der Waals surface area contributed by atoms with Crippen molar-refractivity contribution < 1.29 is 19.1 Å². The van der Waals surface area contributed by atoms with E-state index >= 15 is 0 Å². The topological polar surface area (TPSA) is 80.6 Å². The van der Waals surface area contributed by atoms with E-state index in [1.807, 2.05) is 32.0 Å². The Morgan fingerprint density at radius 3 is 2.31 bits per heavy atom. The lowest BCUT2D eigenvalue weighted by atomic mass is 10.00. The van der Waals surface area contributed by atoms with E-state index in [1.165, 1.54) is 4.90 Å². The highest BCUT2D eigenvalue weighted by Gasteiger charge is 2.32. The Balaban J connectivity index is 2.40. The summed E-state index contributed by atoms with van der Waals surface area (Å²) >= 11 is 0. The van der Waals surface area contributed by atoms with E-state index in [4.69, 9.17) is 4.74 Å². The normalized spacial score (nSPS) is 11.6. The van der Waals surface area contributed by atoms with Gasteiger partial charge in [-0.1, -0.05) is 24.3 Å². The summed E-state index contributed by atoms with van der Waals surface area (Å²) in [5.41, 5.74) is 4.56. The first kappa shape index (κ1) is 24.9. The number of ketones is 1. The molecule has 2 amide bonds. The van der Waals surface area contributed by atoms with Crippen molar-refractivity contribution in [1.82, 2.24) is 9.47 Å². The number of esters is 1. The van der Waals surface area contributed by atoms with Crippen LogP contribution in [0.2, 0.25) is 0 Å². The Hall–Kier alpha value is -3.35. The molecule has 7 nitrogen and oxygen atoms in total. The summed E-state index contributed by atoms with van der Waals surface area (Å²) < 4.78 is 6.82. The molecule has 7 heteroatoms. The Kier molecular flexibility index (Phi) is 8.02. The number of urea groups is 1. The van der Waals surface area contributed by atoms with E-state index in [1.54, 1.807) is 45.4 Å². The van der Waals surface area contributed by atoms with E-state index in [0.717, 1.165) is 16.8 Å². The second kappa shape index (κ2) is 10.3. The van der Waals surface area contributed by atoms with Crippen LogP contribution in [0.15, 0.2) is 30.9 Å². The van der Waals surface area contributed by atoms with Crippen LogP contribution in [0.3, 0.4) is 0 Å². The van der Waals surface area contributed by atoms with E-state index in [9.17, 15) is 14.4 Å². The third kappa shape index (κ3) is 4.77. The molecule has 0 fully saturated rings. The van der Waals surface area contributed by atoms with Crippen LogP contribution in [0.5, 0.6) is 0 Å². The highest BCUT2D eigenvalue weighted by atomic mass is 16.5. The van der Waals surface area contributed by atoms with Gasteiger partial charge in [0.15, 0.2) is 5.78 Å². The smallest absolute Gasteiger partial charge is 0.355 e. The number of amides is 2. The molecule has 1 heterocycles. The quantitative estimate of drug-likeness (QED) is 0.366. The van der Waals surface area contributed by atoms with Crippen LogP contribution in [0, 0.1) is 27.7 Å². The molecule has 1 unspecified atom stereocenters. The van der Waals surface area contributed by atoms with E-state index in [0.29, 0.717) is 22.5 Å². The molecule has 2 rings (SSSR count). The number of hydrogen-bond acceptors (Lipinski definition) is 4. The number of hydrogen-bond donors (Lipinski definition) is 1. The van der Waals surface area contributed by atoms with Crippen LogP contribution in [0.4, 0.5) is 10.5 Å². The monoisotopic (exact) mass is 439 g/mol. The molecule has 1 atom stereocenters. The van der Waals surface area contributed by atoms with Gasteiger partial charge in [0.05, 0.1) is 12.6 Å². The highest BCUT2D eigenvalue weighted by molar-refractivity contribution is 6.07. The third-order valence-corrected chi connectivity index (χ3v) is 5.79. The number of anilines is 1. The van der Waals surface area contributed by atoms with Gasteiger partial charge in [-0.15, -0.1) is 6.58 Å². The first-order chi connectivity index (χ1) is 15.1. The van der Waals surface area contributed by atoms with Gasteiger partial charge in [-0.05, 0) is 58.2 Å². The number of carbonyl (C=O) groups excluding carboxylic acids is 3. The summed E-state index contributed by atoms with van der Waals surface area (Å²) in [6, 6.07) is 4.61. The number of para-hydroxylation sites is 1. The predicted molar refractivity (Wildman–Crippen MR) is 126 cm³/mol. The second-order valence-electron chi connectivity index (χ2n) is 7.89. The van der Waals surface area contributed by atoms with Gasteiger partial charge in [0.25, 0.3) is 0 Å². The summed E-state index contributed by atoms with van der Waals surface area (Å²) in [6.45, 7) is 14.9. The van der Waals surface area contributed by atoms with Crippen molar-refractivity contribution in [2.45, 2.75) is 47.6 Å². The van der Waals surface area contributed by atoms with Gasteiger partial charge >= 0.3 is 12.0 Å². The second-order valence-corrected chi connectivity index (χ2v) is 7.89. The fourth-order valence-electron chi connectivity index (χ4n) is 3.93. The molecule has 0 aliphatic heterocycles. The number of carbonyl (C=O) groups is 3. The molecule has 1 N–H and O–H groups in total. The summed E-state index contributed by atoms with van der Waals surface area (Å²) in [4.78, 5) is 40.5. The van der Waals surface area contributed by atoms with Crippen LogP contribution < -0.4 is 5.32 Å². The van der Waals surface area contributed by atoms with E-state index in [2.05, 4.69) is 11.9 Å². The van der Waals surface area contributed by atoms with Gasteiger partial charge in [0, 0.05) is 30.5 Å². The zero-order valence-electron chi connectivity index (χ0n) is 20.0. The number of aromatic nitrogens is 1. The zero-order valence-corrected chi connectivity index (χ0v) is 20.0. The van der Waals surface area contributed by atoms with E-state index in [-0.39, 0.29) is 25.0 Å². The predicted octanol–water partition coefficient (Wildman–Crippen LogP) is 4.73. The van der Waals surface area contributed by atoms with Crippen LogP contribution in [0.25, 0.3) is 0 Å². The number of benzene rings is 1. The Morgan fingerprint density at radius 2 is 1.78 bits per heavy atom. The molecular formula is C25H33N3O4. The molecule has 1 aromatic heterocycles. The minimum Gasteiger partial charge on any atom is -0.461 e. The number of nitrogens with zero attached hydrogens (tertiary/aromatic N) is 2. The van der Waals surface area contributed by atoms with Crippen molar-refractivity contribution in [3.8, 4) is 0 Å². The minimum absolute atomic E-state index is 0.194. The third-order valence-electron chi connectivity index (χ3n) is 5.79. The average Bonchev–Trinajstić information content (AvgIpc) is 2.96. The zero-order chi connectivity index (χ0) is 24.2. The summed E-state index contributed by atoms with van der Waals surface area (Å²) in [5, 5.41) is 2.94. The molecule has 172 valence electrons. The van der Waals surface area contributed by atoms with Crippen molar-refractivity contribution in [2.75, 3.05) is 18.5 Å². The molecule has 1 aromatic carbocycles. The highest BCUT2D eigenvalue weighted by Crippen LogP contribution is 2.25. The van der Waals surface area contributed by atoms with Gasteiger partial charge in [-0.3, -0.25) is 4.79 Å². The van der Waals surface area contributed by atoms with Crippen molar-refractivity contribution in [1.29, 1.82) is 0 Å². The lowest BCUT2D eigenvalue weighted by Gasteiger charge is -2.28. The van der Waals surface area contributed by atoms with Crippen LogP contribution in [-0.4, -0.2) is 46.4 Å². The van der Waals surface area contributed by atoms with Gasteiger partial charge in [-0.2, -0.15) is 0 Å². The molecule has 0 saturated carbocycles. The van der Waals surface area contributed by atoms with Gasteiger partial charge in [0.2, 0.25) is 0 Å². The first-order valence-electron chi connectivity index (χ1n) is 10.7. The summed E-state index contributed by atoms with van der Waals surface area (Å²) in [6.07, 6.45) is 1.59. The largest absolute Gasteiger partial charge is 0.461 e. The molecule has 0 spiro atoms. The summed E-state index contributed by atoms with van der Waals surface area (Å²) in [5.74, 6) is -0.720. The fourth-order valence-corrected chi connectivity index (χ4v) is 3.93. The van der Waals surface area contributed by atoms with Crippen LogP contribution in [-0.2, 0) is 11.8 Å². The van der Waals surface area contributed by atoms with Crippen molar-refractivity contribution in [3.63, 3.8) is 0 Å². The molecular weight excluding hydrogens is 406 g/mol. The lowest BCUT2D eigenvalue weighted by molar-refractivity contribution is 0.0514. The number of ether oxygens (including phenoxy) is 1. The standard InChI is InChI=1S/C25H33N3O4/c1-9-14-28(25(31)26-21-15(3)12-11-13-16(21)4)19(7)23(29)20-17(5)22(24(30)32-10-2)27(8)18(20)6/h9,11-13,19H,1,10,14H2,2-8H3,(H,26,31). The Bertz CT molecular complexity index is 1030. The molecule has 0 bridgehead atoms. The molecule has 2 aromatic rings. The SMILES string of the molecule is C=CCN(C(=O)Nc1c(C)cccc1C)C(C)C(=O)c1c(C)c(C(=O)OCC)n(C)c1C. The average molecular weight is 440 g/mol. The Labute approximate surface area is 190 Å². The van der Waals surface area contributed by atoms with Gasteiger partial charge < -0.3 is 19.5 Å². The molecule has 0 radical (unpaired) electrons. The number of Topliss-reactive ketones (excluding diaryl/α,β-unsaturated/α-hetero) is 1. The molecule has 0 saturated heterocycles. The maximum atomic E-state index is 13.5. The number of rotatable bonds is 8. The Morgan fingerprint density at radius 1 is 1.19 bits per heavy atom. The summed E-state index contributed by atoms with van der Waals surface area (Å²) in [7, 11) is 1.73. The van der Waals surface area contributed by atoms with Crippen molar-refractivity contribution in [2.24, 2.45) is 7.05 Å². The number of aryl methyl sites for hydroxylation is 2. The number of nitrogens with one attached hydrogen (secondary N) is 1. The van der Waals surface area contributed by atoms with E-state index < -0.39 is 12.0 Å². The lowest BCUT2D eigenvalue weighted by Crippen LogP contribution is -2.46. The fraction of sp³-hybridized carbons (Fsp3) is 0.400. The maximum absolute atomic E-state index is 13.5. The van der Waals surface area contributed by atoms with Crippen molar-refractivity contribution >= 4 is 23.5 Å².